The number of piperazine rings is 1. The molecule has 1 N–H and O–H groups in total. The first-order valence-electron chi connectivity index (χ1n) is 6.83. The zero-order valence-electron chi connectivity index (χ0n) is 10.7. The number of aliphatic hydroxyl groups is 1. The average molecular weight is 226 g/mol. The normalized spacial score (nSPS) is 29.6. The van der Waals surface area contributed by atoms with Crippen molar-refractivity contribution in [1.29, 1.82) is 0 Å². The second kappa shape index (κ2) is 5.48. The van der Waals surface area contributed by atoms with E-state index in [0.29, 0.717) is 18.7 Å². The van der Waals surface area contributed by atoms with Crippen molar-refractivity contribution in [3.05, 3.63) is 0 Å². The summed E-state index contributed by atoms with van der Waals surface area (Å²) in [7, 11) is 0. The first-order valence-corrected chi connectivity index (χ1v) is 6.83. The SMILES string of the molecule is CC(C)N1CCN(C2CCC2)C[C@H]1CCO. The van der Waals surface area contributed by atoms with E-state index in [0.717, 1.165) is 12.5 Å². The van der Waals surface area contributed by atoms with Gasteiger partial charge < -0.3 is 5.11 Å². The Kier molecular flexibility index (Phi) is 4.22. The van der Waals surface area contributed by atoms with Crippen LogP contribution in [0.3, 0.4) is 0 Å². The first-order chi connectivity index (χ1) is 7.72. The van der Waals surface area contributed by atoms with Gasteiger partial charge in [0, 0.05) is 44.4 Å². The van der Waals surface area contributed by atoms with Gasteiger partial charge in [-0.25, -0.2) is 0 Å². The number of hydrogen-bond acceptors (Lipinski definition) is 3. The van der Waals surface area contributed by atoms with E-state index in [1.54, 1.807) is 0 Å². The van der Waals surface area contributed by atoms with Crippen LogP contribution in [0.1, 0.15) is 39.5 Å². The minimum absolute atomic E-state index is 0.326. The maximum atomic E-state index is 9.17. The fourth-order valence-corrected chi connectivity index (χ4v) is 3.06. The molecule has 2 rings (SSSR count). The molecule has 0 aromatic carbocycles. The van der Waals surface area contributed by atoms with Gasteiger partial charge in [-0.05, 0) is 33.1 Å². The molecular formula is C13H26N2O. The van der Waals surface area contributed by atoms with Gasteiger partial charge in [0.2, 0.25) is 0 Å². The molecule has 2 aliphatic rings. The molecule has 1 heterocycles. The maximum absolute atomic E-state index is 9.17. The van der Waals surface area contributed by atoms with Gasteiger partial charge in [-0.3, -0.25) is 9.80 Å². The van der Waals surface area contributed by atoms with Crippen LogP contribution >= 0.6 is 0 Å². The van der Waals surface area contributed by atoms with Crippen LogP contribution in [0, 0.1) is 0 Å². The number of aliphatic hydroxyl groups excluding tert-OH is 1. The summed E-state index contributed by atoms with van der Waals surface area (Å²) >= 11 is 0. The molecule has 1 saturated carbocycles. The topological polar surface area (TPSA) is 26.7 Å². The summed E-state index contributed by atoms with van der Waals surface area (Å²) < 4.78 is 0. The average Bonchev–Trinajstić information content (AvgIpc) is 2.15. The Hall–Kier alpha value is -0.120. The molecule has 0 radical (unpaired) electrons. The highest BCUT2D eigenvalue weighted by molar-refractivity contribution is 4.89. The van der Waals surface area contributed by atoms with Crippen molar-refractivity contribution in [1.82, 2.24) is 9.80 Å². The van der Waals surface area contributed by atoms with Crippen LogP contribution in [0.15, 0.2) is 0 Å². The molecule has 3 nitrogen and oxygen atoms in total. The molecule has 16 heavy (non-hydrogen) atoms. The molecular weight excluding hydrogens is 200 g/mol. The van der Waals surface area contributed by atoms with E-state index in [2.05, 4.69) is 23.6 Å². The number of rotatable bonds is 4. The van der Waals surface area contributed by atoms with Gasteiger partial charge in [0.1, 0.15) is 0 Å². The molecule has 0 unspecified atom stereocenters. The van der Waals surface area contributed by atoms with Crippen molar-refractivity contribution in [3.8, 4) is 0 Å². The van der Waals surface area contributed by atoms with Gasteiger partial charge in [-0.15, -0.1) is 0 Å². The molecule has 2 fully saturated rings. The van der Waals surface area contributed by atoms with Crippen molar-refractivity contribution in [2.75, 3.05) is 26.2 Å². The molecule has 0 aromatic heterocycles. The summed E-state index contributed by atoms with van der Waals surface area (Å²) in [4.78, 5) is 5.22. The lowest BCUT2D eigenvalue weighted by Gasteiger charge is -2.48. The van der Waals surface area contributed by atoms with E-state index in [1.165, 1.54) is 38.9 Å². The molecule has 1 saturated heterocycles. The Labute approximate surface area is 99.4 Å². The lowest BCUT2D eigenvalue weighted by Crippen LogP contribution is -2.58. The Bertz CT molecular complexity index is 216. The lowest BCUT2D eigenvalue weighted by molar-refractivity contribution is 0.000849. The van der Waals surface area contributed by atoms with Crippen molar-refractivity contribution < 1.29 is 5.11 Å². The van der Waals surface area contributed by atoms with E-state index in [1.807, 2.05) is 0 Å². The van der Waals surface area contributed by atoms with Crippen molar-refractivity contribution in [2.24, 2.45) is 0 Å². The molecule has 0 spiro atoms. The first kappa shape index (κ1) is 12.3. The molecule has 94 valence electrons. The van der Waals surface area contributed by atoms with E-state index in [4.69, 9.17) is 5.11 Å². The quantitative estimate of drug-likeness (QED) is 0.783. The Morgan fingerprint density at radius 3 is 2.50 bits per heavy atom. The van der Waals surface area contributed by atoms with Gasteiger partial charge in [0.25, 0.3) is 0 Å². The molecule has 1 atom stereocenters. The molecule has 0 bridgehead atoms. The monoisotopic (exact) mass is 226 g/mol. The van der Waals surface area contributed by atoms with E-state index >= 15 is 0 Å². The van der Waals surface area contributed by atoms with Gasteiger partial charge in [-0.1, -0.05) is 6.42 Å². The third-order valence-electron chi connectivity index (χ3n) is 4.28. The fourth-order valence-electron chi connectivity index (χ4n) is 3.06. The Morgan fingerprint density at radius 1 is 1.25 bits per heavy atom. The molecule has 0 aromatic rings. The second-order valence-corrected chi connectivity index (χ2v) is 5.58. The summed E-state index contributed by atoms with van der Waals surface area (Å²) in [5.74, 6) is 0. The van der Waals surface area contributed by atoms with E-state index in [-0.39, 0.29) is 0 Å². The van der Waals surface area contributed by atoms with Crippen molar-refractivity contribution in [3.63, 3.8) is 0 Å². The number of hydrogen-bond donors (Lipinski definition) is 1. The van der Waals surface area contributed by atoms with Crippen LogP contribution in [0.25, 0.3) is 0 Å². The zero-order valence-corrected chi connectivity index (χ0v) is 10.7. The molecule has 0 amide bonds. The summed E-state index contributed by atoms with van der Waals surface area (Å²) in [6.07, 6.45) is 5.14. The van der Waals surface area contributed by atoms with Crippen LogP contribution in [-0.2, 0) is 0 Å². The summed E-state index contributed by atoms with van der Waals surface area (Å²) in [5.41, 5.74) is 0. The van der Waals surface area contributed by atoms with Crippen LogP contribution in [0.2, 0.25) is 0 Å². The van der Waals surface area contributed by atoms with Gasteiger partial charge in [0.15, 0.2) is 0 Å². The van der Waals surface area contributed by atoms with Crippen LogP contribution in [0.5, 0.6) is 0 Å². The Morgan fingerprint density at radius 2 is 2.00 bits per heavy atom. The highest BCUT2D eigenvalue weighted by Gasteiger charge is 2.33. The van der Waals surface area contributed by atoms with E-state index in [9.17, 15) is 0 Å². The van der Waals surface area contributed by atoms with Crippen LogP contribution in [0.4, 0.5) is 0 Å². The third kappa shape index (κ3) is 2.58. The second-order valence-electron chi connectivity index (χ2n) is 5.58. The number of nitrogens with zero attached hydrogens (tertiary/aromatic N) is 2. The lowest BCUT2D eigenvalue weighted by atomic mass is 9.90. The minimum Gasteiger partial charge on any atom is -0.396 e. The predicted molar refractivity (Wildman–Crippen MR) is 66.5 cm³/mol. The highest BCUT2D eigenvalue weighted by atomic mass is 16.3. The minimum atomic E-state index is 0.326. The molecule has 1 aliphatic carbocycles. The van der Waals surface area contributed by atoms with Gasteiger partial charge in [0.05, 0.1) is 0 Å². The summed E-state index contributed by atoms with van der Waals surface area (Å²) in [6.45, 7) is 8.44. The van der Waals surface area contributed by atoms with Crippen molar-refractivity contribution >= 4 is 0 Å². The molecule has 1 aliphatic heterocycles. The summed E-state index contributed by atoms with van der Waals surface area (Å²) in [5, 5.41) is 9.17. The smallest absolute Gasteiger partial charge is 0.0446 e. The van der Waals surface area contributed by atoms with Crippen LogP contribution in [-0.4, -0.2) is 59.3 Å². The van der Waals surface area contributed by atoms with Gasteiger partial charge >= 0.3 is 0 Å². The van der Waals surface area contributed by atoms with E-state index < -0.39 is 0 Å². The van der Waals surface area contributed by atoms with Crippen molar-refractivity contribution in [2.45, 2.75) is 57.7 Å². The Balaban J connectivity index is 1.90. The highest BCUT2D eigenvalue weighted by Crippen LogP contribution is 2.28. The molecule has 3 heteroatoms. The predicted octanol–water partition coefficient (Wildman–Crippen LogP) is 1.32. The standard InChI is InChI=1S/C13H26N2O/c1-11(2)15-8-7-14(12-4-3-5-12)10-13(15)6-9-16/h11-13,16H,3-10H2,1-2H3/t13-/m1/s1. The summed E-state index contributed by atoms with van der Waals surface area (Å²) in [6, 6.07) is 2.04. The third-order valence-corrected chi connectivity index (χ3v) is 4.28. The zero-order chi connectivity index (χ0) is 11.5. The van der Waals surface area contributed by atoms with Gasteiger partial charge in [-0.2, -0.15) is 0 Å². The van der Waals surface area contributed by atoms with Crippen LogP contribution < -0.4 is 0 Å². The largest absolute Gasteiger partial charge is 0.396 e. The maximum Gasteiger partial charge on any atom is 0.0446 e. The fraction of sp³-hybridized carbons (Fsp3) is 1.00.